The molecule has 1 saturated heterocycles. The summed E-state index contributed by atoms with van der Waals surface area (Å²) in [6.07, 6.45) is 0.386. The van der Waals surface area contributed by atoms with Gasteiger partial charge in [-0.25, -0.2) is 0 Å². The minimum atomic E-state index is -4.63. The molecular weight excluding hydrogens is 293 g/mol. The maximum Gasteiger partial charge on any atom is 0.334 e. The summed E-state index contributed by atoms with van der Waals surface area (Å²) < 4.78 is 45.0. The Balaban J connectivity index is 2.45. The van der Waals surface area contributed by atoms with Crippen molar-refractivity contribution >= 4 is 24.7 Å². The molecule has 1 rings (SSSR count). The van der Waals surface area contributed by atoms with Gasteiger partial charge in [0.25, 0.3) is 0 Å². The Kier molecular flexibility index (Phi) is 5.48. The Morgan fingerprint density at radius 2 is 2.00 bits per heavy atom. The molecule has 112 valence electrons. The molecular formula is C10H20FNO5SSi. The van der Waals surface area contributed by atoms with Gasteiger partial charge in [-0.1, -0.05) is 0 Å². The van der Waals surface area contributed by atoms with Crippen molar-refractivity contribution in [2.75, 3.05) is 27.3 Å². The van der Waals surface area contributed by atoms with Crippen LogP contribution >= 0.6 is 0 Å². The lowest BCUT2D eigenvalue weighted by molar-refractivity contribution is -0.127. The predicted octanol–water partition coefficient (Wildman–Crippen LogP) is 0.641. The number of hydrogen-bond acceptors (Lipinski definition) is 5. The van der Waals surface area contributed by atoms with Gasteiger partial charge in [0.2, 0.25) is 5.91 Å². The van der Waals surface area contributed by atoms with E-state index in [1.807, 2.05) is 6.55 Å². The summed E-state index contributed by atoms with van der Waals surface area (Å²) >= 11 is 0. The Morgan fingerprint density at radius 3 is 2.42 bits per heavy atom. The van der Waals surface area contributed by atoms with E-state index in [0.29, 0.717) is 19.0 Å². The van der Waals surface area contributed by atoms with Crippen LogP contribution in [0.25, 0.3) is 0 Å². The molecule has 9 heteroatoms. The van der Waals surface area contributed by atoms with Gasteiger partial charge in [0, 0.05) is 33.7 Å². The Bertz CT molecular complexity index is 426. The lowest BCUT2D eigenvalue weighted by Crippen LogP contribution is -2.37. The number of nitrogens with zero attached hydrogens (tertiary/aromatic N) is 1. The van der Waals surface area contributed by atoms with Crippen LogP contribution in [-0.4, -0.2) is 60.3 Å². The van der Waals surface area contributed by atoms with Crippen LogP contribution in [0.3, 0.4) is 0 Å². The summed E-state index contributed by atoms with van der Waals surface area (Å²) in [6, 6.07) is 0.691. The third-order valence-corrected chi connectivity index (χ3v) is 7.60. The van der Waals surface area contributed by atoms with Crippen LogP contribution in [0.2, 0.25) is 12.6 Å². The summed E-state index contributed by atoms with van der Waals surface area (Å²) in [4.78, 5) is 13.0. The van der Waals surface area contributed by atoms with E-state index in [1.165, 1.54) is 4.90 Å². The van der Waals surface area contributed by atoms with Gasteiger partial charge < -0.3 is 13.8 Å². The monoisotopic (exact) mass is 313 g/mol. The minimum Gasteiger partial charge on any atom is -0.398 e. The summed E-state index contributed by atoms with van der Waals surface area (Å²) in [5.41, 5.74) is 0. The average molecular weight is 313 g/mol. The quantitative estimate of drug-likeness (QED) is 0.509. The van der Waals surface area contributed by atoms with Crippen LogP contribution in [0.1, 0.15) is 12.8 Å². The third-order valence-electron chi connectivity index (χ3n) is 3.50. The van der Waals surface area contributed by atoms with Gasteiger partial charge in [0.05, 0.1) is 0 Å². The van der Waals surface area contributed by atoms with Crippen molar-refractivity contribution in [2.45, 2.75) is 30.7 Å². The number of amides is 1. The lowest BCUT2D eigenvalue weighted by Gasteiger charge is -2.24. The molecule has 0 spiro atoms. The second-order valence-corrected chi connectivity index (χ2v) is 9.99. The van der Waals surface area contributed by atoms with Gasteiger partial charge in [0.1, 0.15) is 5.25 Å². The molecule has 1 heterocycles. The number of likely N-dealkylation sites (tertiary alicyclic amines) is 1. The van der Waals surface area contributed by atoms with Crippen molar-refractivity contribution in [3.8, 4) is 0 Å². The summed E-state index contributed by atoms with van der Waals surface area (Å²) in [5.74, 6) is -0.315. The number of halogens is 1. The highest BCUT2D eigenvalue weighted by Gasteiger charge is 2.38. The standard InChI is InChI=1S/C10H20FNO5SSi/c1-16-19(3,17-2)6-4-5-12-8-9(7-10(12)13)18(11,14)15/h9H,4-8H2,1-3H3. The first-order chi connectivity index (χ1) is 8.72. The molecule has 0 radical (unpaired) electrons. The largest absolute Gasteiger partial charge is 0.398 e. The van der Waals surface area contributed by atoms with Crippen molar-refractivity contribution in [3.63, 3.8) is 0 Å². The Labute approximate surface area is 114 Å². The molecule has 19 heavy (non-hydrogen) atoms. The SMILES string of the molecule is CO[Si](C)(CCCN1CC(S(=O)(=O)F)CC1=O)OC. The van der Waals surface area contributed by atoms with Crippen molar-refractivity contribution in [3.05, 3.63) is 0 Å². The number of carbonyl (C=O) groups excluding carboxylic acids is 1. The van der Waals surface area contributed by atoms with E-state index < -0.39 is 24.0 Å². The van der Waals surface area contributed by atoms with E-state index >= 15 is 0 Å². The fourth-order valence-corrected chi connectivity index (χ4v) is 4.09. The van der Waals surface area contributed by atoms with Gasteiger partial charge >= 0.3 is 18.8 Å². The molecule has 1 fully saturated rings. The summed E-state index contributed by atoms with van der Waals surface area (Å²) in [6.45, 7) is 2.25. The van der Waals surface area contributed by atoms with E-state index in [0.717, 1.165) is 0 Å². The number of hydrogen-bond donors (Lipinski definition) is 0. The topological polar surface area (TPSA) is 72.9 Å². The van der Waals surface area contributed by atoms with Crippen LogP contribution in [0.15, 0.2) is 0 Å². The molecule has 0 saturated carbocycles. The smallest absolute Gasteiger partial charge is 0.334 e. The van der Waals surface area contributed by atoms with Gasteiger partial charge in [0.15, 0.2) is 0 Å². The molecule has 1 aliphatic heterocycles. The van der Waals surface area contributed by atoms with Gasteiger partial charge in [-0.2, -0.15) is 8.42 Å². The summed E-state index contributed by atoms with van der Waals surface area (Å²) in [7, 11) is -3.64. The first kappa shape index (κ1) is 16.5. The molecule has 1 amide bonds. The maximum absolute atomic E-state index is 12.8. The maximum atomic E-state index is 12.8. The normalized spacial score (nSPS) is 21.2. The molecule has 1 aliphatic rings. The molecule has 6 nitrogen and oxygen atoms in total. The first-order valence-corrected chi connectivity index (χ1v) is 10.0. The van der Waals surface area contributed by atoms with Crippen LogP contribution in [0.5, 0.6) is 0 Å². The van der Waals surface area contributed by atoms with E-state index in [9.17, 15) is 17.1 Å². The Hall–Kier alpha value is -0.513. The second kappa shape index (κ2) is 6.29. The molecule has 1 atom stereocenters. The fourth-order valence-electron chi connectivity index (χ4n) is 2.02. The molecule has 0 aromatic rings. The van der Waals surface area contributed by atoms with Gasteiger partial charge in [-0.05, 0) is 19.0 Å². The van der Waals surface area contributed by atoms with Crippen LogP contribution in [0, 0.1) is 0 Å². The average Bonchev–Trinajstić information content (AvgIpc) is 2.71. The number of carbonyl (C=O) groups is 1. The number of rotatable bonds is 7. The van der Waals surface area contributed by atoms with Gasteiger partial charge in [-0.3, -0.25) is 4.79 Å². The van der Waals surface area contributed by atoms with Crippen molar-refractivity contribution in [1.82, 2.24) is 4.90 Å². The molecule has 0 aliphatic carbocycles. The van der Waals surface area contributed by atoms with Crippen LogP contribution in [0.4, 0.5) is 3.89 Å². The van der Waals surface area contributed by atoms with E-state index in [1.54, 1.807) is 14.2 Å². The van der Waals surface area contributed by atoms with Crippen molar-refractivity contribution < 1.29 is 26.0 Å². The zero-order valence-electron chi connectivity index (χ0n) is 11.4. The second-order valence-electron chi connectivity index (χ2n) is 4.79. The highest BCUT2D eigenvalue weighted by Crippen LogP contribution is 2.21. The Morgan fingerprint density at radius 1 is 1.42 bits per heavy atom. The zero-order valence-corrected chi connectivity index (χ0v) is 13.2. The molecule has 0 aromatic heterocycles. The van der Waals surface area contributed by atoms with Crippen LogP contribution in [-0.2, 0) is 23.9 Å². The molecule has 0 N–H and O–H groups in total. The zero-order chi connectivity index (χ0) is 14.7. The van der Waals surface area contributed by atoms with Crippen LogP contribution < -0.4 is 0 Å². The van der Waals surface area contributed by atoms with E-state index in [4.69, 9.17) is 8.85 Å². The minimum absolute atomic E-state index is 0.0596. The van der Waals surface area contributed by atoms with Crippen molar-refractivity contribution in [2.24, 2.45) is 0 Å². The van der Waals surface area contributed by atoms with Crippen molar-refractivity contribution in [1.29, 1.82) is 0 Å². The van der Waals surface area contributed by atoms with E-state index in [2.05, 4.69) is 0 Å². The molecule has 1 unspecified atom stereocenters. The lowest BCUT2D eigenvalue weighted by atomic mass is 10.4. The predicted molar refractivity (Wildman–Crippen MR) is 70.1 cm³/mol. The molecule has 0 bridgehead atoms. The fraction of sp³-hybridized carbons (Fsp3) is 0.900. The molecule has 0 aromatic carbocycles. The highest BCUT2D eigenvalue weighted by atomic mass is 32.3. The van der Waals surface area contributed by atoms with Gasteiger partial charge in [-0.15, -0.1) is 3.89 Å². The summed E-state index contributed by atoms with van der Waals surface area (Å²) in [5, 5.41) is -1.21. The third kappa shape index (κ3) is 4.51. The van der Waals surface area contributed by atoms with E-state index in [-0.39, 0.29) is 18.9 Å². The first-order valence-electron chi connectivity index (χ1n) is 6.03. The highest BCUT2D eigenvalue weighted by molar-refractivity contribution is 7.87.